The average Bonchev–Trinajstić information content (AvgIpc) is 2.99. The van der Waals surface area contributed by atoms with Gasteiger partial charge in [-0.05, 0) is 32.9 Å². The number of Topliss-reactive ketones (excluding diaryl/α,β-unsaturated/α-hetero) is 1. The Bertz CT molecular complexity index is 703. The first kappa shape index (κ1) is 14.2. The number of benzene rings is 1. The standard InChI is InChI=1S/C17H18ClNO2/c1-10-8-14(17(20)11(2)18)12(3)19(10)15-9-21-16-7-5-4-6-13(15)16/h4-8,11,15H,9H2,1-3H3. The first-order valence-electron chi connectivity index (χ1n) is 7.09. The number of fused-ring (bicyclic) bond motifs is 1. The second-order valence-electron chi connectivity index (χ2n) is 5.50. The first-order chi connectivity index (χ1) is 10.0. The van der Waals surface area contributed by atoms with Crippen LogP contribution in [-0.4, -0.2) is 22.3 Å². The van der Waals surface area contributed by atoms with E-state index in [-0.39, 0.29) is 11.8 Å². The highest BCUT2D eigenvalue weighted by Gasteiger charge is 2.29. The van der Waals surface area contributed by atoms with Gasteiger partial charge < -0.3 is 9.30 Å². The highest BCUT2D eigenvalue weighted by atomic mass is 35.5. The molecule has 0 radical (unpaired) electrons. The van der Waals surface area contributed by atoms with Crippen LogP contribution in [0.1, 0.15) is 40.3 Å². The van der Waals surface area contributed by atoms with Gasteiger partial charge in [-0.2, -0.15) is 0 Å². The molecule has 3 nitrogen and oxygen atoms in total. The third kappa shape index (κ3) is 2.26. The summed E-state index contributed by atoms with van der Waals surface area (Å²) < 4.78 is 7.94. The van der Waals surface area contributed by atoms with Gasteiger partial charge in [0.1, 0.15) is 12.4 Å². The van der Waals surface area contributed by atoms with Crippen LogP contribution in [0.2, 0.25) is 0 Å². The van der Waals surface area contributed by atoms with E-state index in [9.17, 15) is 4.79 Å². The number of carbonyl (C=O) groups excluding carboxylic acids is 1. The minimum absolute atomic E-state index is 0.0248. The van der Waals surface area contributed by atoms with Crippen molar-refractivity contribution < 1.29 is 9.53 Å². The largest absolute Gasteiger partial charge is 0.491 e. The van der Waals surface area contributed by atoms with E-state index < -0.39 is 5.38 Å². The summed E-state index contributed by atoms with van der Waals surface area (Å²) in [6, 6.07) is 10.1. The van der Waals surface area contributed by atoms with Crippen LogP contribution in [0, 0.1) is 13.8 Å². The molecule has 0 amide bonds. The van der Waals surface area contributed by atoms with Gasteiger partial charge >= 0.3 is 0 Å². The van der Waals surface area contributed by atoms with Crippen LogP contribution in [0.15, 0.2) is 30.3 Å². The summed E-state index contributed by atoms with van der Waals surface area (Å²) in [5.41, 5.74) is 3.88. The molecule has 4 heteroatoms. The van der Waals surface area contributed by atoms with Gasteiger partial charge in [-0.25, -0.2) is 0 Å². The molecule has 1 aromatic carbocycles. The number of rotatable bonds is 3. The molecule has 0 spiro atoms. The molecular formula is C17H18ClNO2. The molecule has 3 rings (SSSR count). The zero-order valence-corrected chi connectivity index (χ0v) is 13.1. The third-order valence-electron chi connectivity index (χ3n) is 4.10. The Morgan fingerprint density at radius 1 is 1.38 bits per heavy atom. The Kier molecular flexibility index (Phi) is 3.54. The molecule has 0 N–H and O–H groups in total. The van der Waals surface area contributed by atoms with E-state index in [4.69, 9.17) is 16.3 Å². The van der Waals surface area contributed by atoms with Crippen LogP contribution in [0.3, 0.4) is 0 Å². The lowest BCUT2D eigenvalue weighted by Gasteiger charge is -2.17. The van der Waals surface area contributed by atoms with Crippen molar-refractivity contribution in [3.8, 4) is 5.75 Å². The monoisotopic (exact) mass is 303 g/mol. The fraction of sp³-hybridized carbons (Fsp3) is 0.353. The topological polar surface area (TPSA) is 31.2 Å². The van der Waals surface area contributed by atoms with E-state index in [1.807, 2.05) is 38.1 Å². The van der Waals surface area contributed by atoms with Crippen molar-refractivity contribution in [1.82, 2.24) is 4.57 Å². The molecule has 2 heterocycles. The summed E-state index contributed by atoms with van der Waals surface area (Å²) >= 11 is 5.95. The van der Waals surface area contributed by atoms with Gasteiger partial charge in [-0.15, -0.1) is 11.6 Å². The van der Waals surface area contributed by atoms with Crippen LogP contribution in [0.25, 0.3) is 0 Å². The van der Waals surface area contributed by atoms with Crippen LogP contribution in [-0.2, 0) is 0 Å². The Morgan fingerprint density at radius 2 is 2.10 bits per heavy atom. The number of halogens is 1. The summed E-state index contributed by atoms with van der Waals surface area (Å²) in [6.45, 7) is 6.30. The zero-order valence-electron chi connectivity index (χ0n) is 12.4. The molecule has 0 aliphatic carbocycles. The fourth-order valence-electron chi connectivity index (χ4n) is 3.08. The van der Waals surface area contributed by atoms with Gasteiger partial charge in [-0.1, -0.05) is 18.2 Å². The molecule has 1 aliphatic heterocycles. The molecular weight excluding hydrogens is 286 g/mol. The van der Waals surface area contributed by atoms with E-state index in [2.05, 4.69) is 10.6 Å². The molecule has 110 valence electrons. The van der Waals surface area contributed by atoms with Gasteiger partial charge in [0.25, 0.3) is 0 Å². The van der Waals surface area contributed by atoms with Crippen molar-refractivity contribution in [2.45, 2.75) is 32.2 Å². The molecule has 0 saturated heterocycles. The molecule has 0 saturated carbocycles. The lowest BCUT2D eigenvalue weighted by Crippen LogP contribution is -2.17. The molecule has 0 bridgehead atoms. The summed E-state index contributed by atoms with van der Waals surface area (Å²) in [5.74, 6) is 0.900. The number of carbonyl (C=O) groups is 1. The van der Waals surface area contributed by atoms with Crippen LogP contribution in [0.4, 0.5) is 0 Å². The van der Waals surface area contributed by atoms with Gasteiger partial charge in [0.15, 0.2) is 5.78 Å². The quantitative estimate of drug-likeness (QED) is 0.636. The highest BCUT2D eigenvalue weighted by Crippen LogP contribution is 2.37. The summed E-state index contributed by atoms with van der Waals surface area (Å²) in [5, 5.41) is -0.508. The summed E-state index contributed by atoms with van der Waals surface area (Å²) in [4.78, 5) is 12.2. The normalized spacial score (nSPS) is 18.2. The fourth-order valence-corrected chi connectivity index (χ4v) is 3.20. The van der Waals surface area contributed by atoms with Crippen molar-refractivity contribution in [3.63, 3.8) is 0 Å². The van der Waals surface area contributed by atoms with Crippen molar-refractivity contribution in [1.29, 1.82) is 0 Å². The zero-order chi connectivity index (χ0) is 15.1. The van der Waals surface area contributed by atoms with Gasteiger partial charge in [0.2, 0.25) is 0 Å². The van der Waals surface area contributed by atoms with E-state index in [0.717, 1.165) is 22.7 Å². The Morgan fingerprint density at radius 3 is 2.81 bits per heavy atom. The maximum absolute atomic E-state index is 12.2. The maximum atomic E-state index is 12.2. The number of ketones is 1. The molecule has 21 heavy (non-hydrogen) atoms. The van der Waals surface area contributed by atoms with E-state index >= 15 is 0 Å². The molecule has 0 fully saturated rings. The predicted octanol–water partition coefficient (Wildman–Crippen LogP) is 3.90. The Hall–Kier alpha value is -1.74. The minimum Gasteiger partial charge on any atom is -0.491 e. The average molecular weight is 304 g/mol. The molecule has 2 atom stereocenters. The number of para-hydroxylation sites is 1. The van der Waals surface area contributed by atoms with Gasteiger partial charge in [0, 0.05) is 22.5 Å². The smallest absolute Gasteiger partial charge is 0.182 e. The Labute approximate surface area is 129 Å². The number of hydrogen-bond donors (Lipinski definition) is 0. The molecule has 1 aliphatic rings. The predicted molar refractivity (Wildman–Crippen MR) is 83.6 cm³/mol. The van der Waals surface area contributed by atoms with Gasteiger partial charge in [0.05, 0.1) is 11.4 Å². The van der Waals surface area contributed by atoms with E-state index in [1.165, 1.54) is 0 Å². The van der Waals surface area contributed by atoms with E-state index in [1.54, 1.807) is 6.92 Å². The van der Waals surface area contributed by atoms with Crippen molar-refractivity contribution >= 4 is 17.4 Å². The second-order valence-corrected chi connectivity index (χ2v) is 6.15. The van der Waals surface area contributed by atoms with Gasteiger partial charge in [-0.3, -0.25) is 4.79 Å². The van der Waals surface area contributed by atoms with Crippen LogP contribution < -0.4 is 4.74 Å². The molecule has 2 aromatic rings. The Balaban J connectivity index is 2.07. The highest BCUT2D eigenvalue weighted by molar-refractivity contribution is 6.33. The lowest BCUT2D eigenvalue weighted by atomic mass is 10.1. The van der Waals surface area contributed by atoms with Crippen molar-refractivity contribution in [2.75, 3.05) is 6.61 Å². The van der Waals surface area contributed by atoms with Crippen LogP contribution >= 0.6 is 11.6 Å². The minimum atomic E-state index is -0.508. The van der Waals surface area contributed by atoms with Crippen molar-refractivity contribution in [2.24, 2.45) is 0 Å². The number of aryl methyl sites for hydroxylation is 1. The molecule has 1 aromatic heterocycles. The number of ether oxygens (including phenoxy) is 1. The number of alkyl halides is 1. The first-order valence-corrected chi connectivity index (χ1v) is 7.52. The number of nitrogens with zero attached hydrogens (tertiary/aromatic N) is 1. The van der Waals surface area contributed by atoms with Crippen LogP contribution in [0.5, 0.6) is 5.75 Å². The SMILES string of the molecule is Cc1cc(C(=O)C(C)Cl)c(C)n1C1COc2ccccc21. The molecule has 2 unspecified atom stereocenters. The second kappa shape index (κ2) is 5.23. The maximum Gasteiger partial charge on any atom is 0.182 e. The summed E-state index contributed by atoms with van der Waals surface area (Å²) in [7, 11) is 0. The third-order valence-corrected chi connectivity index (χ3v) is 4.30. The van der Waals surface area contributed by atoms with Crippen molar-refractivity contribution in [3.05, 3.63) is 52.8 Å². The number of aromatic nitrogens is 1. The van der Waals surface area contributed by atoms with E-state index in [0.29, 0.717) is 12.2 Å². The number of hydrogen-bond acceptors (Lipinski definition) is 2. The summed E-state index contributed by atoms with van der Waals surface area (Å²) in [6.07, 6.45) is 0. The lowest BCUT2D eigenvalue weighted by molar-refractivity contribution is 0.0991.